The second-order valence-electron chi connectivity index (χ2n) is 8.71. The minimum Gasteiger partial charge on any atom is -0.348 e. The SMILES string of the molecule is Cc1nn(C)c2nc(C3CC3)cc(C(=O)NCc3ccccc3CN3CCCC3)c12. The number of nitrogens with one attached hydrogen (secondary N) is 1. The third kappa shape index (κ3) is 3.72. The summed E-state index contributed by atoms with van der Waals surface area (Å²) < 4.78 is 1.79. The standard InChI is InChI=1S/C24H29N5O/c1-16-22-20(13-21(17-9-10-17)26-23(22)28(2)27-16)24(30)25-14-18-7-3-4-8-19(18)15-29-11-5-6-12-29/h3-4,7-8,13,17H,5-6,9-12,14-15H2,1-2H3,(H,25,30). The maximum Gasteiger partial charge on any atom is 0.252 e. The summed E-state index contributed by atoms with van der Waals surface area (Å²) in [4.78, 5) is 20.6. The van der Waals surface area contributed by atoms with Crippen LogP contribution in [0.4, 0.5) is 0 Å². The number of aryl methyl sites for hydroxylation is 2. The van der Waals surface area contributed by atoms with E-state index in [0.717, 1.165) is 41.8 Å². The molecule has 1 aliphatic heterocycles. The van der Waals surface area contributed by atoms with Crippen molar-refractivity contribution in [2.75, 3.05) is 13.1 Å². The Morgan fingerprint density at radius 1 is 1.17 bits per heavy atom. The maximum atomic E-state index is 13.3. The van der Waals surface area contributed by atoms with Gasteiger partial charge in [0.2, 0.25) is 0 Å². The van der Waals surface area contributed by atoms with Gasteiger partial charge in [-0.3, -0.25) is 14.4 Å². The van der Waals surface area contributed by atoms with Gasteiger partial charge in [0.1, 0.15) is 0 Å². The highest BCUT2D eigenvalue weighted by atomic mass is 16.1. The molecule has 6 nitrogen and oxygen atoms in total. The number of nitrogens with zero attached hydrogens (tertiary/aromatic N) is 4. The highest BCUT2D eigenvalue weighted by molar-refractivity contribution is 6.06. The Bertz CT molecular complexity index is 1090. The van der Waals surface area contributed by atoms with E-state index in [9.17, 15) is 4.79 Å². The molecular formula is C24H29N5O. The molecule has 0 bridgehead atoms. The van der Waals surface area contributed by atoms with E-state index >= 15 is 0 Å². The Morgan fingerprint density at radius 2 is 1.90 bits per heavy atom. The van der Waals surface area contributed by atoms with Gasteiger partial charge in [-0.2, -0.15) is 5.10 Å². The van der Waals surface area contributed by atoms with Crippen LogP contribution in [0, 0.1) is 6.92 Å². The van der Waals surface area contributed by atoms with E-state index in [0.29, 0.717) is 18.0 Å². The number of likely N-dealkylation sites (tertiary alicyclic amines) is 1. The maximum absolute atomic E-state index is 13.3. The second kappa shape index (κ2) is 7.84. The average molecular weight is 404 g/mol. The molecular weight excluding hydrogens is 374 g/mol. The number of carbonyl (C=O) groups excluding carboxylic acids is 1. The van der Waals surface area contributed by atoms with Crippen LogP contribution in [0.15, 0.2) is 30.3 Å². The minimum absolute atomic E-state index is 0.0450. The molecule has 1 saturated carbocycles. The van der Waals surface area contributed by atoms with Gasteiger partial charge in [-0.05, 0) is 62.9 Å². The van der Waals surface area contributed by atoms with Gasteiger partial charge in [-0.15, -0.1) is 0 Å². The molecule has 6 heteroatoms. The fourth-order valence-corrected chi connectivity index (χ4v) is 4.57. The number of hydrogen-bond donors (Lipinski definition) is 1. The summed E-state index contributed by atoms with van der Waals surface area (Å²) in [6.45, 7) is 5.77. The number of pyridine rings is 1. The summed E-state index contributed by atoms with van der Waals surface area (Å²) >= 11 is 0. The molecule has 5 rings (SSSR count). The first-order valence-electron chi connectivity index (χ1n) is 11.0. The van der Waals surface area contributed by atoms with E-state index in [1.54, 1.807) is 4.68 Å². The van der Waals surface area contributed by atoms with Gasteiger partial charge in [0.15, 0.2) is 5.65 Å². The number of fused-ring (bicyclic) bond motifs is 1. The molecule has 3 aromatic rings. The first-order chi connectivity index (χ1) is 14.6. The number of hydrogen-bond acceptors (Lipinski definition) is 4. The zero-order valence-corrected chi connectivity index (χ0v) is 17.8. The molecule has 3 heterocycles. The van der Waals surface area contributed by atoms with Gasteiger partial charge >= 0.3 is 0 Å². The van der Waals surface area contributed by atoms with Gasteiger partial charge in [-0.1, -0.05) is 24.3 Å². The van der Waals surface area contributed by atoms with Crippen molar-refractivity contribution in [3.05, 3.63) is 58.4 Å². The Labute approximate surface area is 177 Å². The van der Waals surface area contributed by atoms with Crippen molar-refractivity contribution in [3.63, 3.8) is 0 Å². The van der Waals surface area contributed by atoms with E-state index < -0.39 is 0 Å². The summed E-state index contributed by atoms with van der Waals surface area (Å²) in [5.41, 5.74) is 5.86. The second-order valence-corrected chi connectivity index (χ2v) is 8.71. The predicted octanol–water partition coefficient (Wildman–Crippen LogP) is 3.68. The van der Waals surface area contributed by atoms with Gasteiger partial charge in [0, 0.05) is 31.7 Å². The summed E-state index contributed by atoms with van der Waals surface area (Å²) in [6.07, 6.45) is 4.87. The van der Waals surface area contributed by atoms with E-state index in [1.165, 1.54) is 37.1 Å². The fraction of sp³-hybridized carbons (Fsp3) is 0.458. The monoisotopic (exact) mass is 403 g/mol. The van der Waals surface area contributed by atoms with E-state index in [1.807, 2.05) is 20.0 Å². The van der Waals surface area contributed by atoms with Crippen molar-refractivity contribution in [2.24, 2.45) is 7.05 Å². The van der Waals surface area contributed by atoms with Crippen molar-refractivity contribution in [2.45, 2.75) is 51.6 Å². The largest absolute Gasteiger partial charge is 0.348 e. The first kappa shape index (κ1) is 19.2. The van der Waals surface area contributed by atoms with Crippen LogP contribution in [0.2, 0.25) is 0 Å². The molecule has 1 aromatic carbocycles. The topological polar surface area (TPSA) is 63.1 Å². The molecule has 1 amide bonds. The molecule has 30 heavy (non-hydrogen) atoms. The number of rotatable bonds is 6. The molecule has 2 fully saturated rings. The lowest BCUT2D eigenvalue weighted by atomic mass is 10.1. The van der Waals surface area contributed by atoms with Gasteiger partial charge in [0.25, 0.3) is 5.91 Å². The van der Waals surface area contributed by atoms with Gasteiger partial charge in [0.05, 0.1) is 16.6 Å². The van der Waals surface area contributed by atoms with Crippen LogP contribution in [0.25, 0.3) is 11.0 Å². The summed E-state index contributed by atoms with van der Waals surface area (Å²) in [5, 5.41) is 8.55. The smallest absolute Gasteiger partial charge is 0.252 e. The van der Waals surface area contributed by atoms with Gasteiger partial charge in [-0.25, -0.2) is 4.98 Å². The predicted molar refractivity (Wildman–Crippen MR) is 117 cm³/mol. The average Bonchev–Trinajstić information content (AvgIpc) is 3.40. The quantitative estimate of drug-likeness (QED) is 0.682. The fourth-order valence-electron chi connectivity index (χ4n) is 4.57. The normalized spacial score (nSPS) is 17.0. The zero-order chi connectivity index (χ0) is 20.7. The Morgan fingerprint density at radius 3 is 2.63 bits per heavy atom. The third-order valence-electron chi connectivity index (χ3n) is 6.38. The van der Waals surface area contributed by atoms with Crippen molar-refractivity contribution < 1.29 is 4.79 Å². The molecule has 1 aliphatic carbocycles. The first-order valence-corrected chi connectivity index (χ1v) is 11.0. The molecule has 0 radical (unpaired) electrons. The van der Waals surface area contributed by atoms with Crippen molar-refractivity contribution >= 4 is 16.9 Å². The lowest BCUT2D eigenvalue weighted by Crippen LogP contribution is -2.25. The van der Waals surface area contributed by atoms with Crippen LogP contribution in [-0.4, -0.2) is 38.7 Å². The lowest BCUT2D eigenvalue weighted by Gasteiger charge is -2.18. The number of carbonyl (C=O) groups is 1. The summed E-state index contributed by atoms with van der Waals surface area (Å²) in [6, 6.07) is 10.4. The van der Waals surface area contributed by atoms with Crippen LogP contribution in [0.5, 0.6) is 0 Å². The Kier molecular flexibility index (Phi) is 5.03. The molecule has 0 unspecified atom stereocenters. The van der Waals surface area contributed by atoms with E-state index in [-0.39, 0.29) is 5.91 Å². The van der Waals surface area contributed by atoms with Crippen LogP contribution in [0.3, 0.4) is 0 Å². The number of benzene rings is 1. The number of aromatic nitrogens is 3. The molecule has 0 atom stereocenters. The Hall–Kier alpha value is -2.73. The van der Waals surface area contributed by atoms with Crippen LogP contribution in [-0.2, 0) is 20.1 Å². The Balaban J connectivity index is 1.39. The highest BCUT2D eigenvalue weighted by Gasteiger charge is 2.28. The van der Waals surface area contributed by atoms with E-state index in [2.05, 4.69) is 39.6 Å². The van der Waals surface area contributed by atoms with Crippen molar-refractivity contribution in [3.8, 4) is 0 Å². The summed E-state index contributed by atoms with van der Waals surface area (Å²) in [5.74, 6) is 0.439. The third-order valence-corrected chi connectivity index (χ3v) is 6.38. The molecule has 2 aliphatic rings. The van der Waals surface area contributed by atoms with Crippen LogP contribution < -0.4 is 5.32 Å². The molecule has 156 valence electrons. The van der Waals surface area contributed by atoms with Crippen molar-refractivity contribution in [1.82, 2.24) is 25.0 Å². The molecule has 1 saturated heterocycles. The van der Waals surface area contributed by atoms with Gasteiger partial charge < -0.3 is 5.32 Å². The summed E-state index contributed by atoms with van der Waals surface area (Å²) in [7, 11) is 1.90. The lowest BCUT2D eigenvalue weighted by molar-refractivity contribution is 0.0952. The van der Waals surface area contributed by atoms with Crippen LogP contribution >= 0.6 is 0 Å². The molecule has 2 aromatic heterocycles. The molecule has 1 N–H and O–H groups in total. The highest BCUT2D eigenvalue weighted by Crippen LogP contribution is 2.40. The molecule has 0 spiro atoms. The minimum atomic E-state index is -0.0450. The van der Waals surface area contributed by atoms with Crippen LogP contribution in [0.1, 0.15) is 64.5 Å². The zero-order valence-electron chi connectivity index (χ0n) is 17.8. The van der Waals surface area contributed by atoms with E-state index in [4.69, 9.17) is 4.98 Å². The number of amides is 1. The van der Waals surface area contributed by atoms with Crippen molar-refractivity contribution in [1.29, 1.82) is 0 Å².